The summed E-state index contributed by atoms with van der Waals surface area (Å²) in [6.07, 6.45) is 1.27. The molecule has 1 N–H and O–H groups in total. The smallest absolute Gasteiger partial charge is 0.264 e. The van der Waals surface area contributed by atoms with Crippen molar-refractivity contribution >= 4 is 43.5 Å². The number of hydrogen-bond acceptors (Lipinski definition) is 5. The molecular weight excluding hydrogens is 594 g/mol. The van der Waals surface area contributed by atoms with Crippen LogP contribution in [0.4, 0.5) is 5.69 Å². The number of methoxy groups -OCH3 is 1. The standard InChI is InChI=1S/C30H36BrN3O5S/c1-5-18-32-30(36)23(3)33(19-17-24-9-7-6-8-10-24)29(35)21-34(25-13-11-22(2)12-14-25)40(37,38)26-15-16-28(39-4)27(31)20-26/h6-16,20,23H,5,17-19,21H2,1-4H3,(H,32,36)/t23-/m0/s1. The van der Waals surface area contributed by atoms with Crippen molar-refractivity contribution in [3.63, 3.8) is 0 Å². The zero-order valence-corrected chi connectivity index (χ0v) is 25.7. The number of hydrogen-bond donors (Lipinski definition) is 1. The van der Waals surface area contributed by atoms with Gasteiger partial charge < -0.3 is 15.0 Å². The fraction of sp³-hybridized carbons (Fsp3) is 0.333. The van der Waals surface area contributed by atoms with Gasteiger partial charge in [-0.05, 0) is 78.5 Å². The third kappa shape index (κ3) is 7.85. The molecule has 1 atom stereocenters. The van der Waals surface area contributed by atoms with Gasteiger partial charge in [-0.3, -0.25) is 13.9 Å². The van der Waals surface area contributed by atoms with Crippen LogP contribution in [0, 0.1) is 6.92 Å². The molecule has 8 nitrogen and oxygen atoms in total. The van der Waals surface area contributed by atoms with Crippen molar-refractivity contribution in [2.45, 2.75) is 44.6 Å². The van der Waals surface area contributed by atoms with Crippen LogP contribution in [0.25, 0.3) is 0 Å². The topological polar surface area (TPSA) is 96.0 Å². The number of ether oxygens (including phenoxy) is 1. The fourth-order valence-corrected chi connectivity index (χ4v) is 6.27. The Bertz CT molecular complexity index is 1400. The summed E-state index contributed by atoms with van der Waals surface area (Å²) in [6.45, 7) is 5.77. The zero-order valence-electron chi connectivity index (χ0n) is 23.3. The molecule has 0 aliphatic rings. The summed E-state index contributed by atoms with van der Waals surface area (Å²) in [6, 6.07) is 20.2. The summed E-state index contributed by atoms with van der Waals surface area (Å²) in [5, 5.41) is 2.85. The van der Waals surface area contributed by atoms with Gasteiger partial charge in [0.1, 0.15) is 18.3 Å². The van der Waals surface area contributed by atoms with Crippen LogP contribution in [0.5, 0.6) is 5.75 Å². The highest BCUT2D eigenvalue weighted by atomic mass is 79.9. The molecule has 0 bridgehead atoms. The summed E-state index contributed by atoms with van der Waals surface area (Å²) < 4.78 is 34.7. The summed E-state index contributed by atoms with van der Waals surface area (Å²) in [5.74, 6) is -0.283. The summed E-state index contributed by atoms with van der Waals surface area (Å²) in [7, 11) is -2.68. The second-order valence-electron chi connectivity index (χ2n) is 9.43. The van der Waals surface area contributed by atoms with Crippen molar-refractivity contribution in [3.8, 4) is 5.75 Å². The van der Waals surface area contributed by atoms with Crippen LogP contribution in [-0.4, -0.2) is 57.9 Å². The summed E-state index contributed by atoms with van der Waals surface area (Å²) in [5.41, 5.74) is 2.30. The molecule has 3 aromatic rings. The van der Waals surface area contributed by atoms with Gasteiger partial charge in [0.05, 0.1) is 22.2 Å². The van der Waals surface area contributed by atoms with Crippen molar-refractivity contribution in [1.29, 1.82) is 0 Å². The van der Waals surface area contributed by atoms with Gasteiger partial charge in [-0.15, -0.1) is 0 Å². The third-order valence-corrected chi connectivity index (χ3v) is 8.90. The lowest BCUT2D eigenvalue weighted by atomic mass is 10.1. The minimum absolute atomic E-state index is 0.00174. The average Bonchev–Trinajstić information content (AvgIpc) is 2.95. The predicted molar refractivity (Wildman–Crippen MR) is 161 cm³/mol. The summed E-state index contributed by atoms with van der Waals surface area (Å²) >= 11 is 3.36. The number of sulfonamides is 1. The van der Waals surface area contributed by atoms with Gasteiger partial charge in [-0.25, -0.2) is 8.42 Å². The molecule has 0 heterocycles. The first-order valence-corrected chi connectivity index (χ1v) is 15.4. The van der Waals surface area contributed by atoms with E-state index in [-0.39, 0.29) is 17.3 Å². The number of carbonyl (C=O) groups excluding carboxylic acids is 2. The molecule has 2 amide bonds. The van der Waals surface area contributed by atoms with Crippen molar-refractivity contribution in [3.05, 3.63) is 88.4 Å². The Morgan fingerprint density at radius 2 is 1.70 bits per heavy atom. The Morgan fingerprint density at radius 1 is 1.02 bits per heavy atom. The molecule has 40 heavy (non-hydrogen) atoms. The lowest BCUT2D eigenvalue weighted by molar-refractivity contribution is -0.138. The minimum Gasteiger partial charge on any atom is -0.496 e. The molecule has 0 unspecified atom stereocenters. The molecule has 3 aromatic carbocycles. The number of benzene rings is 3. The third-order valence-electron chi connectivity index (χ3n) is 6.51. The van der Waals surface area contributed by atoms with Gasteiger partial charge in [-0.1, -0.05) is 55.0 Å². The molecule has 0 fully saturated rings. The lowest BCUT2D eigenvalue weighted by Crippen LogP contribution is -2.52. The number of carbonyl (C=O) groups is 2. The molecule has 3 rings (SSSR count). The van der Waals surface area contributed by atoms with Crippen LogP contribution in [0.15, 0.2) is 82.2 Å². The van der Waals surface area contributed by atoms with Gasteiger partial charge in [0.2, 0.25) is 11.8 Å². The van der Waals surface area contributed by atoms with Crippen LogP contribution < -0.4 is 14.4 Å². The Morgan fingerprint density at radius 3 is 2.30 bits per heavy atom. The molecule has 0 aliphatic carbocycles. The van der Waals surface area contributed by atoms with E-state index in [4.69, 9.17) is 4.74 Å². The monoisotopic (exact) mass is 629 g/mol. The largest absolute Gasteiger partial charge is 0.496 e. The first kappa shape index (κ1) is 31.2. The normalized spacial score (nSPS) is 11.9. The number of nitrogens with zero attached hydrogens (tertiary/aromatic N) is 2. The minimum atomic E-state index is -4.17. The average molecular weight is 631 g/mol. The summed E-state index contributed by atoms with van der Waals surface area (Å²) in [4.78, 5) is 28.3. The first-order chi connectivity index (χ1) is 19.1. The second-order valence-corrected chi connectivity index (χ2v) is 12.1. The Balaban J connectivity index is 1.99. The molecule has 0 aromatic heterocycles. The maximum Gasteiger partial charge on any atom is 0.264 e. The van der Waals surface area contributed by atoms with Gasteiger partial charge in [0.15, 0.2) is 0 Å². The number of nitrogens with one attached hydrogen (secondary N) is 1. The highest BCUT2D eigenvalue weighted by Gasteiger charge is 2.32. The quantitative estimate of drug-likeness (QED) is 0.289. The second kappa shape index (κ2) is 14.3. The van der Waals surface area contributed by atoms with Crippen molar-refractivity contribution < 1.29 is 22.7 Å². The number of aryl methyl sites for hydroxylation is 1. The molecule has 0 spiro atoms. The molecule has 0 radical (unpaired) electrons. The molecule has 0 saturated heterocycles. The SMILES string of the molecule is CCCNC(=O)[C@H](C)N(CCc1ccccc1)C(=O)CN(c1ccc(C)cc1)S(=O)(=O)c1ccc(OC)c(Br)c1. The van der Waals surface area contributed by atoms with E-state index < -0.39 is 28.5 Å². The maximum atomic E-state index is 14.0. The highest BCUT2D eigenvalue weighted by molar-refractivity contribution is 9.10. The van der Waals surface area contributed by atoms with Crippen LogP contribution >= 0.6 is 15.9 Å². The van der Waals surface area contributed by atoms with E-state index in [9.17, 15) is 18.0 Å². The predicted octanol–water partition coefficient (Wildman–Crippen LogP) is 4.95. The number of anilines is 1. The van der Waals surface area contributed by atoms with Gasteiger partial charge >= 0.3 is 0 Å². The highest BCUT2D eigenvalue weighted by Crippen LogP contribution is 2.31. The van der Waals surface area contributed by atoms with Crippen LogP contribution in [-0.2, 0) is 26.0 Å². The van der Waals surface area contributed by atoms with E-state index in [2.05, 4.69) is 21.2 Å². The number of rotatable bonds is 13. The van der Waals surface area contributed by atoms with Gasteiger partial charge in [-0.2, -0.15) is 0 Å². The number of amides is 2. The van der Waals surface area contributed by atoms with Gasteiger partial charge in [0.25, 0.3) is 10.0 Å². The van der Waals surface area contributed by atoms with E-state index in [0.717, 1.165) is 21.9 Å². The fourth-order valence-electron chi connectivity index (χ4n) is 4.14. The zero-order chi connectivity index (χ0) is 29.3. The number of halogens is 1. The van der Waals surface area contributed by atoms with E-state index in [1.54, 1.807) is 37.3 Å². The molecule has 10 heteroatoms. The Labute approximate surface area is 245 Å². The first-order valence-electron chi connectivity index (χ1n) is 13.1. The van der Waals surface area contributed by atoms with Crippen molar-refractivity contribution in [1.82, 2.24) is 10.2 Å². The Hall–Kier alpha value is -3.37. The molecule has 0 aliphatic heterocycles. The molecule has 0 saturated carbocycles. The Kier molecular flexibility index (Phi) is 11.2. The molecule has 214 valence electrons. The van der Waals surface area contributed by atoms with Crippen LogP contribution in [0.2, 0.25) is 0 Å². The van der Waals surface area contributed by atoms with E-state index >= 15 is 0 Å². The van der Waals surface area contributed by atoms with Crippen LogP contribution in [0.3, 0.4) is 0 Å². The van der Waals surface area contributed by atoms with Crippen LogP contribution in [0.1, 0.15) is 31.4 Å². The van der Waals surface area contributed by atoms with E-state index in [1.807, 2.05) is 44.2 Å². The van der Waals surface area contributed by atoms with Crippen molar-refractivity contribution in [2.75, 3.05) is 31.0 Å². The lowest BCUT2D eigenvalue weighted by Gasteiger charge is -2.32. The van der Waals surface area contributed by atoms with Crippen molar-refractivity contribution in [2.24, 2.45) is 0 Å². The van der Waals surface area contributed by atoms with E-state index in [0.29, 0.717) is 28.9 Å². The molecular formula is C30H36BrN3O5S. The van der Waals surface area contributed by atoms with Gasteiger partial charge in [0, 0.05) is 13.1 Å². The maximum absolute atomic E-state index is 14.0. The van der Waals surface area contributed by atoms with E-state index in [1.165, 1.54) is 24.1 Å².